The van der Waals surface area contributed by atoms with Gasteiger partial charge in [0.25, 0.3) is 11.8 Å². The number of alkyl halides is 1. The van der Waals surface area contributed by atoms with Crippen LogP contribution in [0.4, 0.5) is 4.39 Å². The van der Waals surface area contributed by atoms with Gasteiger partial charge in [0.1, 0.15) is 5.75 Å². The van der Waals surface area contributed by atoms with Crippen LogP contribution in [0, 0.1) is 12.8 Å². The van der Waals surface area contributed by atoms with E-state index < -0.39 is 17.1 Å². The van der Waals surface area contributed by atoms with Gasteiger partial charge < -0.3 is 30.9 Å². The van der Waals surface area contributed by atoms with Crippen molar-refractivity contribution < 1.29 is 28.9 Å². The number of amides is 2. The molecule has 1 saturated heterocycles. The number of hydrogen-bond donors (Lipinski definition) is 4. The summed E-state index contributed by atoms with van der Waals surface area (Å²) in [5, 5.41) is 21.4. The number of nitrogens with one attached hydrogen (secondary N) is 1. The lowest BCUT2D eigenvalue weighted by molar-refractivity contribution is -0.127. The van der Waals surface area contributed by atoms with Crippen molar-refractivity contribution in [2.24, 2.45) is 16.6 Å². The molecular formula is C25H39FN4O5. The number of guanidine groups is 1. The van der Waals surface area contributed by atoms with Crippen LogP contribution in [0.2, 0.25) is 0 Å². The summed E-state index contributed by atoms with van der Waals surface area (Å²) in [5.74, 6) is 0.0234. The summed E-state index contributed by atoms with van der Waals surface area (Å²) in [5.41, 5.74) is 3.96. The van der Waals surface area contributed by atoms with Crippen LogP contribution in [0.25, 0.3) is 0 Å². The van der Waals surface area contributed by atoms with Gasteiger partial charge in [-0.15, -0.1) is 0 Å². The number of carbonyl (C=O) groups excluding carboxylic acids is 2. The first-order valence-electron chi connectivity index (χ1n) is 12.0. The van der Waals surface area contributed by atoms with Crippen molar-refractivity contribution in [3.05, 3.63) is 29.3 Å². The Morgan fingerprint density at radius 2 is 1.86 bits per heavy atom. The number of carbonyl (C=O) groups is 2. The van der Waals surface area contributed by atoms with Crippen molar-refractivity contribution in [1.29, 1.82) is 0 Å². The van der Waals surface area contributed by atoms with E-state index in [0.29, 0.717) is 36.9 Å². The minimum Gasteiger partial charge on any atom is -0.494 e. The van der Waals surface area contributed by atoms with E-state index in [9.17, 15) is 24.2 Å². The lowest BCUT2D eigenvalue weighted by Gasteiger charge is -2.32. The lowest BCUT2D eigenvalue weighted by Crippen LogP contribution is -2.51. The van der Waals surface area contributed by atoms with Crippen LogP contribution in [-0.2, 0) is 4.79 Å². The van der Waals surface area contributed by atoms with Crippen molar-refractivity contribution in [2.45, 2.75) is 64.6 Å². The summed E-state index contributed by atoms with van der Waals surface area (Å²) in [6.07, 6.45) is 3.68. The van der Waals surface area contributed by atoms with Crippen molar-refractivity contribution in [2.75, 3.05) is 32.9 Å². The number of ether oxygens (including phenoxy) is 1. The first-order valence-corrected chi connectivity index (χ1v) is 12.0. The molecule has 0 spiro atoms. The molecule has 0 bridgehead atoms. The highest BCUT2D eigenvalue weighted by molar-refractivity contribution is 5.96. The molecule has 0 aromatic heterocycles. The fourth-order valence-corrected chi connectivity index (χ4v) is 3.77. The number of rotatable bonds is 10. The molecule has 2 rings (SSSR count). The molecule has 0 aliphatic carbocycles. The van der Waals surface area contributed by atoms with Gasteiger partial charge in [-0.25, -0.2) is 4.39 Å². The monoisotopic (exact) mass is 494 g/mol. The SMILES string of the molecule is Cc1cc(OCCCC2CCN(C(N)=NC(=O)C(C)(C)F)CC2)ccc1C(=O)NC(C)(CO)CO. The molecule has 0 unspecified atom stereocenters. The topological polar surface area (TPSA) is 137 Å². The predicted molar refractivity (Wildman–Crippen MR) is 132 cm³/mol. The molecule has 1 aromatic carbocycles. The first kappa shape index (κ1) is 28.5. The lowest BCUT2D eigenvalue weighted by atomic mass is 9.92. The zero-order chi connectivity index (χ0) is 26.2. The van der Waals surface area contributed by atoms with Crippen molar-refractivity contribution >= 4 is 17.8 Å². The molecule has 1 aliphatic heterocycles. The van der Waals surface area contributed by atoms with Gasteiger partial charge in [0, 0.05) is 18.7 Å². The molecule has 1 aromatic rings. The Morgan fingerprint density at radius 3 is 2.40 bits per heavy atom. The fourth-order valence-electron chi connectivity index (χ4n) is 3.77. The molecule has 1 aliphatic rings. The summed E-state index contributed by atoms with van der Waals surface area (Å²) < 4.78 is 19.5. The van der Waals surface area contributed by atoms with E-state index in [-0.39, 0.29) is 25.1 Å². The van der Waals surface area contributed by atoms with E-state index in [0.717, 1.165) is 31.2 Å². The van der Waals surface area contributed by atoms with Crippen molar-refractivity contribution in [3.8, 4) is 5.75 Å². The highest BCUT2D eigenvalue weighted by Crippen LogP contribution is 2.23. The van der Waals surface area contributed by atoms with Gasteiger partial charge in [-0.3, -0.25) is 9.59 Å². The van der Waals surface area contributed by atoms with Crippen LogP contribution in [0.5, 0.6) is 5.75 Å². The number of nitrogens with two attached hydrogens (primary N) is 1. The van der Waals surface area contributed by atoms with Crippen molar-refractivity contribution in [1.82, 2.24) is 10.2 Å². The van der Waals surface area contributed by atoms with Crippen LogP contribution in [0.15, 0.2) is 23.2 Å². The maximum absolute atomic E-state index is 13.7. The number of benzene rings is 1. The summed E-state index contributed by atoms with van der Waals surface area (Å²) in [6.45, 7) is 6.87. The number of likely N-dealkylation sites (tertiary alicyclic amines) is 1. The van der Waals surface area contributed by atoms with Crippen LogP contribution in [-0.4, -0.2) is 77.0 Å². The van der Waals surface area contributed by atoms with Gasteiger partial charge in [-0.2, -0.15) is 4.99 Å². The van der Waals surface area contributed by atoms with Gasteiger partial charge in [0.2, 0.25) is 0 Å². The molecule has 35 heavy (non-hydrogen) atoms. The highest BCUT2D eigenvalue weighted by Gasteiger charge is 2.28. The molecule has 196 valence electrons. The molecule has 9 nitrogen and oxygen atoms in total. The van der Waals surface area contributed by atoms with Gasteiger partial charge in [-0.1, -0.05) is 0 Å². The first-order chi connectivity index (χ1) is 16.4. The molecule has 0 atom stereocenters. The number of aliphatic imine (C=N–C) groups is 1. The van der Waals surface area contributed by atoms with Gasteiger partial charge >= 0.3 is 0 Å². The molecule has 0 saturated carbocycles. The largest absolute Gasteiger partial charge is 0.494 e. The number of piperidine rings is 1. The highest BCUT2D eigenvalue weighted by atomic mass is 19.1. The average Bonchev–Trinajstić information content (AvgIpc) is 2.81. The second-order valence-corrected chi connectivity index (χ2v) is 9.98. The third kappa shape index (κ3) is 8.47. The zero-order valence-electron chi connectivity index (χ0n) is 21.1. The quantitative estimate of drug-likeness (QED) is 0.222. The summed E-state index contributed by atoms with van der Waals surface area (Å²) >= 11 is 0. The zero-order valence-corrected chi connectivity index (χ0v) is 21.1. The third-order valence-corrected chi connectivity index (χ3v) is 6.24. The Labute approximate surface area is 206 Å². The number of hydrogen-bond acceptors (Lipinski definition) is 5. The number of nitrogens with zero attached hydrogens (tertiary/aromatic N) is 2. The fraction of sp³-hybridized carbons (Fsp3) is 0.640. The molecule has 1 fully saturated rings. The Balaban J connectivity index is 1.76. The second-order valence-electron chi connectivity index (χ2n) is 9.98. The minimum absolute atomic E-state index is 0.0763. The Hall–Kier alpha value is -2.72. The van der Waals surface area contributed by atoms with E-state index in [4.69, 9.17) is 10.5 Å². The Bertz CT molecular complexity index is 904. The summed E-state index contributed by atoms with van der Waals surface area (Å²) in [7, 11) is 0. The van der Waals surface area contributed by atoms with E-state index in [1.54, 1.807) is 25.1 Å². The molecule has 10 heteroatoms. The van der Waals surface area contributed by atoms with E-state index in [1.807, 2.05) is 11.8 Å². The number of aryl methyl sites for hydroxylation is 1. The Kier molecular flexibility index (Phi) is 10.0. The number of halogens is 1. The average molecular weight is 495 g/mol. The van der Waals surface area contributed by atoms with E-state index >= 15 is 0 Å². The van der Waals surface area contributed by atoms with Crippen LogP contribution < -0.4 is 15.8 Å². The van der Waals surface area contributed by atoms with Crippen LogP contribution in [0.3, 0.4) is 0 Å². The predicted octanol–water partition coefficient (Wildman–Crippen LogP) is 1.93. The maximum Gasteiger partial charge on any atom is 0.285 e. The summed E-state index contributed by atoms with van der Waals surface area (Å²) in [6, 6.07) is 5.20. The molecular weight excluding hydrogens is 455 g/mol. The maximum atomic E-state index is 13.7. The molecule has 1 heterocycles. The van der Waals surface area contributed by atoms with E-state index in [1.165, 1.54) is 13.8 Å². The Morgan fingerprint density at radius 1 is 1.23 bits per heavy atom. The van der Waals surface area contributed by atoms with Gasteiger partial charge in [0.05, 0.1) is 25.4 Å². The molecule has 5 N–H and O–H groups in total. The number of aliphatic hydroxyl groups excluding tert-OH is 2. The standard InChI is InChI=1S/C25H39FN4O5/c1-17-14-19(7-8-20(17)21(33)29-25(4,15-31)16-32)35-13-5-6-18-9-11-30(12-10-18)23(27)28-22(34)24(2,3)26/h7-8,14,18,31-32H,5-6,9-13,15-16H2,1-4H3,(H,29,33)(H2,27,28,34). The smallest absolute Gasteiger partial charge is 0.285 e. The van der Waals surface area contributed by atoms with Crippen LogP contribution in [0.1, 0.15) is 62.4 Å². The third-order valence-electron chi connectivity index (χ3n) is 6.24. The van der Waals surface area contributed by atoms with Crippen molar-refractivity contribution in [3.63, 3.8) is 0 Å². The number of aliphatic hydroxyl groups is 2. The second kappa shape index (κ2) is 12.3. The normalized spacial score (nSPS) is 15.7. The van der Waals surface area contributed by atoms with Gasteiger partial charge in [0.15, 0.2) is 11.6 Å². The summed E-state index contributed by atoms with van der Waals surface area (Å²) in [4.78, 5) is 29.7. The molecule has 2 amide bonds. The minimum atomic E-state index is -2.03. The van der Waals surface area contributed by atoms with Crippen LogP contribution >= 0.6 is 0 Å². The van der Waals surface area contributed by atoms with E-state index in [2.05, 4.69) is 10.3 Å². The van der Waals surface area contributed by atoms with Gasteiger partial charge in [-0.05, 0) is 83.1 Å². The molecule has 0 radical (unpaired) electrons.